The number of nitrogens with zero attached hydrogens (tertiary/aromatic N) is 6. The Bertz CT molecular complexity index is 1580. The summed E-state index contributed by atoms with van der Waals surface area (Å²) in [6.07, 6.45) is -2.58. The second-order valence-corrected chi connectivity index (χ2v) is 11.4. The van der Waals surface area contributed by atoms with Gasteiger partial charge in [0.25, 0.3) is 0 Å². The van der Waals surface area contributed by atoms with Gasteiger partial charge in [-0.25, -0.2) is 9.37 Å². The van der Waals surface area contributed by atoms with Crippen LogP contribution in [0, 0.1) is 12.7 Å². The van der Waals surface area contributed by atoms with E-state index in [9.17, 15) is 22.4 Å². The predicted octanol–water partition coefficient (Wildman–Crippen LogP) is 5.26. The van der Waals surface area contributed by atoms with E-state index in [1.807, 2.05) is 29.7 Å². The van der Waals surface area contributed by atoms with Crippen molar-refractivity contribution in [3.63, 3.8) is 0 Å². The van der Waals surface area contributed by atoms with E-state index in [0.717, 1.165) is 11.4 Å². The molecule has 1 amide bonds. The second kappa shape index (κ2) is 10.1. The zero-order valence-electron chi connectivity index (χ0n) is 22.1. The monoisotopic (exact) mass is 572 g/mol. The van der Waals surface area contributed by atoms with Crippen molar-refractivity contribution < 1.29 is 22.4 Å². The number of amides is 1. The molecule has 0 spiro atoms. The standard InChI is InChI=1S/C28H28F4N6OS/c1-17-7-9-33-38(17)16-26(39)37-12-11-35(14-18(37)2)24-6-4-22(28(30,31)32)20-8-10-36(15-21(20)24)27-34-23-5-3-19(29)13-25(23)40-27/h3-7,9,13,18H,8,10-12,14-16H2,1-2H3/t18-/m1/s1. The maximum atomic E-state index is 14.0. The highest BCUT2D eigenvalue weighted by Crippen LogP contribution is 2.41. The quantitative estimate of drug-likeness (QED) is 0.313. The van der Waals surface area contributed by atoms with Crippen LogP contribution in [-0.2, 0) is 30.5 Å². The number of fused-ring (bicyclic) bond motifs is 2. The molecule has 6 rings (SSSR count). The summed E-state index contributed by atoms with van der Waals surface area (Å²) in [6.45, 7) is 6.13. The normalized spacial score (nSPS) is 17.9. The number of aromatic nitrogens is 3. The highest BCUT2D eigenvalue weighted by molar-refractivity contribution is 7.22. The van der Waals surface area contributed by atoms with Crippen LogP contribution in [0.2, 0.25) is 0 Å². The Balaban J connectivity index is 1.27. The molecule has 0 unspecified atom stereocenters. The number of thiazole rings is 1. The van der Waals surface area contributed by atoms with Gasteiger partial charge in [0.1, 0.15) is 12.4 Å². The number of carbonyl (C=O) groups is 1. The van der Waals surface area contributed by atoms with Gasteiger partial charge in [0, 0.05) is 56.3 Å². The van der Waals surface area contributed by atoms with Crippen LogP contribution in [0.4, 0.5) is 28.4 Å². The zero-order valence-corrected chi connectivity index (χ0v) is 22.9. The molecule has 12 heteroatoms. The minimum Gasteiger partial charge on any atom is -0.367 e. The average molecular weight is 573 g/mol. The first-order valence-corrected chi connectivity index (χ1v) is 14.0. The molecule has 0 aliphatic carbocycles. The summed E-state index contributed by atoms with van der Waals surface area (Å²) in [5, 5.41) is 4.86. The van der Waals surface area contributed by atoms with E-state index >= 15 is 0 Å². The van der Waals surface area contributed by atoms with E-state index in [1.54, 1.807) is 23.0 Å². The van der Waals surface area contributed by atoms with E-state index in [2.05, 4.69) is 15.0 Å². The summed E-state index contributed by atoms with van der Waals surface area (Å²) in [6, 6.07) is 8.87. The van der Waals surface area contributed by atoms with Gasteiger partial charge in [0.2, 0.25) is 5.91 Å². The van der Waals surface area contributed by atoms with E-state index in [-0.39, 0.29) is 37.3 Å². The van der Waals surface area contributed by atoms with Crippen molar-refractivity contribution in [1.29, 1.82) is 0 Å². The molecule has 1 saturated heterocycles. The van der Waals surface area contributed by atoms with Crippen LogP contribution in [0.5, 0.6) is 0 Å². The largest absolute Gasteiger partial charge is 0.416 e. The van der Waals surface area contributed by atoms with Gasteiger partial charge >= 0.3 is 6.18 Å². The third-order valence-electron chi connectivity index (χ3n) is 7.80. The predicted molar refractivity (Wildman–Crippen MR) is 146 cm³/mol. The number of benzene rings is 2. The van der Waals surface area contributed by atoms with E-state index in [4.69, 9.17) is 0 Å². The fourth-order valence-electron chi connectivity index (χ4n) is 5.74. The van der Waals surface area contributed by atoms with Gasteiger partial charge in [-0.15, -0.1) is 0 Å². The summed E-state index contributed by atoms with van der Waals surface area (Å²) in [7, 11) is 0. The molecule has 7 nitrogen and oxygen atoms in total. The van der Waals surface area contributed by atoms with Gasteiger partial charge in [0.05, 0.1) is 15.8 Å². The van der Waals surface area contributed by atoms with Crippen molar-refractivity contribution in [2.75, 3.05) is 36.0 Å². The van der Waals surface area contributed by atoms with Crippen LogP contribution in [0.25, 0.3) is 10.2 Å². The SMILES string of the molecule is Cc1ccnn1CC(=O)N1CCN(c2ccc(C(F)(F)F)c3c2CN(c2nc4ccc(F)cc4s2)CC3)C[C@H]1C. The van der Waals surface area contributed by atoms with E-state index in [1.165, 1.54) is 29.5 Å². The van der Waals surface area contributed by atoms with Crippen LogP contribution in [0.3, 0.4) is 0 Å². The minimum absolute atomic E-state index is 0.0353. The number of hydrogen-bond donors (Lipinski definition) is 0. The van der Waals surface area contributed by atoms with Gasteiger partial charge in [0.15, 0.2) is 5.13 Å². The topological polar surface area (TPSA) is 57.5 Å². The van der Waals surface area contributed by atoms with Gasteiger partial charge < -0.3 is 14.7 Å². The Morgan fingerprint density at radius 3 is 2.62 bits per heavy atom. The Hall–Kier alpha value is -3.67. The van der Waals surface area contributed by atoms with Gasteiger partial charge in [-0.05, 0) is 67.8 Å². The molecule has 0 radical (unpaired) electrons. The van der Waals surface area contributed by atoms with Crippen LogP contribution < -0.4 is 9.80 Å². The molecule has 0 bridgehead atoms. The third kappa shape index (κ3) is 4.89. The van der Waals surface area contributed by atoms with Crippen molar-refractivity contribution in [2.45, 2.75) is 45.6 Å². The number of hydrogen-bond acceptors (Lipinski definition) is 6. The summed E-state index contributed by atoms with van der Waals surface area (Å²) in [5.41, 5.74) is 2.66. The highest BCUT2D eigenvalue weighted by Gasteiger charge is 2.38. The maximum absolute atomic E-state index is 14.0. The third-order valence-corrected chi connectivity index (χ3v) is 8.88. The Morgan fingerprint density at radius 1 is 1.07 bits per heavy atom. The molecule has 2 aliphatic heterocycles. The van der Waals surface area contributed by atoms with Crippen molar-refractivity contribution in [3.8, 4) is 0 Å². The maximum Gasteiger partial charge on any atom is 0.416 e. The van der Waals surface area contributed by atoms with Gasteiger partial charge in [-0.2, -0.15) is 18.3 Å². The molecule has 0 saturated carbocycles. The Morgan fingerprint density at radius 2 is 1.90 bits per heavy atom. The summed E-state index contributed by atoms with van der Waals surface area (Å²) in [4.78, 5) is 23.6. The average Bonchev–Trinajstić information content (AvgIpc) is 3.52. The van der Waals surface area contributed by atoms with E-state index < -0.39 is 11.7 Å². The van der Waals surface area contributed by atoms with E-state index in [0.29, 0.717) is 52.7 Å². The van der Waals surface area contributed by atoms with Crippen LogP contribution in [0.15, 0.2) is 42.6 Å². The highest BCUT2D eigenvalue weighted by atomic mass is 32.1. The molecular formula is C28H28F4N6OS. The first kappa shape index (κ1) is 26.5. The summed E-state index contributed by atoms with van der Waals surface area (Å²) < 4.78 is 58.1. The van der Waals surface area contributed by atoms with Crippen molar-refractivity contribution in [3.05, 3.63) is 70.8 Å². The number of alkyl halides is 3. The molecule has 2 aromatic carbocycles. The number of rotatable bonds is 4. The molecular weight excluding hydrogens is 544 g/mol. The lowest BCUT2D eigenvalue weighted by Gasteiger charge is -2.43. The first-order chi connectivity index (χ1) is 19.1. The summed E-state index contributed by atoms with van der Waals surface area (Å²) >= 11 is 1.34. The lowest BCUT2D eigenvalue weighted by Crippen LogP contribution is -2.55. The molecule has 4 heterocycles. The fourth-order valence-corrected chi connectivity index (χ4v) is 6.75. The van der Waals surface area contributed by atoms with Crippen LogP contribution >= 0.6 is 11.3 Å². The first-order valence-electron chi connectivity index (χ1n) is 13.1. The van der Waals surface area contributed by atoms with Gasteiger partial charge in [-0.1, -0.05) is 11.3 Å². The lowest BCUT2D eigenvalue weighted by molar-refractivity contribution is -0.138. The number of aryl methyl sites for hydroxylation is 1. The number of carbonyl (C=O) groups excluding carboxylic acids is 1. The molecule has 2 aliphatic rings. The molecule has 40 heavy (non-hydrogen) atoms. The van der Waals surface area contributed by atoms with Crippen molar-refractivity contribution in [1.82, 2.24) is 19.7 Å². The molecule has 210 valence electrons. The number of halogens is 4. The number of piperazine rings is 1. The van der Waals surface area contributed by atoms with Gasteiger partial charge in [-0.3, -0.25) is 9.48 Å². The molecule has 1 fully saturated rings. The van der Waals surface area contributed by atoms with Crippen molar-refractivity contribution >= 4 is 38.3 Å². The Kier molecular flexibility index (Phi) is 6.68. The lowest BCUT2D eigenvalue weighted by atomic mass is 9.91. The fraction of sp³-hybridized carbons (Fsp3) is 0.393. The molecule has 2 aromatic heterocycles. The molecule has 0 N–H and O–H groups in total. The second-order valence-electron chi connectivity index (χ2n) is 10.4. The smallest absolute Gasteiger partial charge is 0.367 e. The number of anilines is 2. The van der Waals surface area contributed by atoms with Crippen LogP contribution in [0.1, 0.15) is 29.3 Å². The van der Waals surface area contributed by atoms with Crippen LogP contribution in [-0.4, -0.2) is 57.8 Å². The minimum atomic E-state index is -4.46. The molecule has 1 atom stereocenters. The zero-order chi connectivity index (χ0) is 28.2. The van der Waals surface area contributed by atoms with Crippen molar-refractivity contribution in [2.24, 2.45) is 0 Å². The summed E-state index contributed by atoms with van der Waals surface area (Å²) in [5.74, 6) is -0.387. The molecule has 4 aromatic rings. The Labute approximate surface area is 232 Å².